The number of carboxylic acid groups (broad SMARTS) is 1. The van der Waals surface area contributed by atoms with Gasteiger partial charge in [0.1, 0.15) is 11.6 Å². The Morgan fingerprint density at radius 1 is 1.71 bits per heavy atom. The van der Waals surface area contributed by atoms with E-state index in [0.717, 1.165) is 0 Å². The Balaban J connectivity index is 3.49. The van der Waals surface area contributed by atoms with E-state index in [9.17, 15) is 4.79 Å². The van der Waals surface area contributed by atoms with Crippen molar-refractivity contribution in [3.8, 4) is 11.9 Å². The predicted molar refractivity (Wildman–Crippen MR) is 47.2 cm³/mol. The van der Waals surface area contributed by atoms with E-state index in [1.54, 1.807) is 13.0 Å². The number of nitriles is 1. The maximum absolute atomic E-state index is 10.8. The number of aromatic carboxylic acids is 1. The molecule has 1 aromatic heterocycles. The number of aromatic nitrogens is 1. The highest BCUT2D eigenvalue weighted by Crippen LogP contribution is 2.19. The number of rotatable bonds is 2. The molecule has 0 bridgehead atoms. The first-order valence-corrected chi connectivity index (χ1v) is 3.79. The quantitative estimate of drug-likeness (QED) is 0.754. The van der Waals surface area contributed by atoms with Crippen LogP contribution in [0.1, 0.15) is 21.6 Å². The molecule has 0 fully saturated rings. The fraction of sp³-hybridized carbons (Fsp3) is 0.222. The van der Waals surface area contributed by atoms with Crippen LogP contribution in [0.5, 0.6) is 5.88 Å². The molecular weight excluding hydrogens is 184 g/mol. The highest BCUT2D eigenvalue weighted by Gasteiger charge is 2.16. The number of aryl methyl sites for hydroxylation is 1. The van der Waals surface area contributed by atoms with Crippen molar-refractivity contribution in [1.29, 1.82) is 5.26 Å². The Hall–Kier alpha value is -2.09. The summed E-state index contributed by atoms with van der Waals surface area (Å²) in [6.45, 7) is 1.64. The fourth-order valence-corrected chi connectivity index (χ4v) is 1.07. The molecule has 72 valence electrons. The second kappa shape index (κ2) is 3.75. The zero-order valence-corrected chi connectivity index (χ0v) is 7.74. The van der Waals surface area contributed by atoms with E-state index < -0.39 is 5.97 Å². The van der Waals surface area contributed by atoms with Gasteiger partial charge in [-0.2, -0.15) is 5.26 Å². The highest BCUT2D eigenvalue weighted by atomic mass is 16.5. The minimum atomic E-state index is -1.16. The summed E-state index contributed by atoms with van der Waals surface area (Å²) in [5.41, 5.74) is 0.362. The average molecular weight is 192 g/mol. The van der Waals surface area contributed by atoms with Crippen molar-refractivity contribution in [3.05, 3.63) is 22.9 Å². The van der Waals surface area contributed by atoms with Crippen molar-refractivity contribution in [2.24, 2.45) is 0 Å². The summed E-state index contributed by atoms with van der Waals surface area (Å²) in [6, 6.07) is 3.09. The monoisotopic (exact) mass is 192 g/mol. The lowest BCUT2D eigenvalue weighted by atomic mass is 10.1. The van der Waals surface area contributed by atoms with Gasteiger partial charge in [-0.3, -0.25) is 0 Å². The van der Waals surface area contributed by atoms with E-state index in [2.05, 4.69) is 4.98 Å². The summed E-state index contributed by atoms with van der Waals surface area (Å²) >= 11 is 0. The molecule has 14 heavy (non-hydrogen) atoms. The third-order valence-corrected chi connectivity index (χ3v) is 1.65. The van der Waals surface area contributed by atoms with Crippen LogP contribution >= 0.6 is 0 Å². The Morgan fingerprint density at radius 3 is 2.79 bits per heavy atom. The van der Waals surface area contributed by atoms with Gasteiger partial charge < -0.3 is 9.84 Å². The molecule has 1 rings (SSSR count). The second-order valence-electron chi connectivity index (χ2n) is 2.61. The van der Waals surface area contributed by atoms with Gasteiger partial charge in [-0.25, -0.2) is 9.78 Å². The lowest BCUT2D eigenvalue weighted by molar-refractivity contribution is 0.0695. The number of carboxylic acids is 1. The van der Waals surface area contributed by atoms with E-state index in [0.29, 0.717) is 5.69 Å². The molecule has 5 heteroatoms. The molecule has 0 radical (unpaired) electrons. The van der Waals surface area contributed by atoms with Crippen molar-refractivity contribution < 1.29 is 14.6 Å². The lowest BCUT2D eigenvalue weighted by Crippen LogP contribution is -2.05. The first-order chi connectivity index (χ1) is 6.60. The average Bonchev–Trinajstić information content (AvgIpc) is 2.16. The first-order valence-electron chi connectivity index (χ1n) is 3.79. The van der Waals surface area contributed by atoms with E-state index in [4.69, 9.17) is 15.1 Å². The van der Waals surface area contributed by atoms with E-state index in [-0.39, 0.29) is 17.0 Å². The van der Waals surface area contributed by atoms with Crippen LogP contribution in [0.2, 0.25) is 0 Å². The van der Waals surface area contributed by atoms with Crippen LogP contribution in [0.25, 0.3) is 0 Å². The molecule has 0 saturated heterocycles. The smallest absolute Gasteiger partial charge is 0.337 e. The molecule has 5 nitrogen and oxygen atoms in total. The Bertz CT molecular complexity index is 421. The molecule has 0 amide bonds. The predicted octanol–water partition coefficient (Wildman–Crippen LogP) is 0.968. The third kappa shape index (κ3) is 1.64. The van der Waals surface area contributed by atoms with Gasteiger partial charge >= 0.3 is 5.97 Å². The molecule has 0 spiro atoms. The maximum Gasteiger partial charge on any atom is 0.337 e. The van der Waals surface area contributed by atoms with Crippen LogP contribution < -0.4 is 4.74 Å². The van der Waals surface area contributed by atoms with Crippen LogP contribution in [0.3, 0.4) is 0 Å². The van der Waals surface area contributed by atoms with Gasteiger partial charge in [0.25, 0.3) is 0 Å². The summed E-state index contributed by atoms with van der Waals surface area (Å²) < 4.78 is 4.81. The molecule has 0 saturated carbocycles. The summed E-state index contributed by atoms with van der Waals surface area (Å²) in [4.78, 5) is 14.7. The Morgan fingerprint density at radius 2 is 2.36 bits per heavy atom. The standard InChI is InChI=1S/C9H8N2O3/c1-5-3-6(9(12)13)7(4-10)8(11-5)14-2/h3H,1-2H3,(H,12,13). The molecule has 0 aliphatic rings. The minimum Gasteiger partial charge on any atom is -0.480 e. The van der Waals surface area contributed by atoms with Gasteiger partial charge in [-0.05, 0) is 13.0 Å². The maximum atomic E-state index is 10.8. The van der Waals surface area contributed by atoms with Crippen molar-refractivity contribution in [2.75, 3.05) is 7.11 Å². The molecule has 0 atom stereocenters. The summed E-state index contributed by atoms with van der Waals surface area (Å²) in [5, 5.41) is 17.5. The van der Waals surface area contributed by atoms with Gasteiger partial charge in [0, 0.05) is 5.69 Å². The number of pyridine rings is 1. The van der Waals surface area contributed by atoms with Crippen molar-refractivity contribution in [1.82, 2.24) is 4.98 Å². The largest absolute Gasteiger partial charge is 0.480 e. The Kier molecular flexibility index (Phi) is 2.67. The summed E-state index contributed by atoms with van der Waals surface area (Å²) in [6.07, 6.45) is 0. The third-order valence-electron chi connectivity index (χ3n) is 1.65. The fourth-order valence-electron chi connectivity index (χ4n) is 1.07. The van der Waals surface area contributed by atoms with Gasteiger partial charge in [-0.15, -0.1) is 0 Å². The van der Waals surface area contributed by atoms with Crippen molar-refractivity contribution in [2.45, 2.75) is 6.92 Å². The molecule has 0 aliphatic carbocycles. The highest BCUT2D eigenvalue weighted by molar-refractivity contribution is 5.91. The molecule has 1 aromatic rings. The zero-order chi connectivity index (χ0) is 10.7. The van der Waals surface area contributed by atoms with Crippen LogP contribution in [0.4, 0.5) is 0 Å². The van der Waals surface area contributed by atoms with Crippen molar-refractivity contribution in [3.63, 3.8) is 0 Å². The molecule has 1 N–H and O–H groups in total. The number of carbonyl (C=O) groups is 1. The molecule has 0 aliphatic heterocycles. The zero-order valence-electron chi connectivity index (χ0n) is 7.74. The number of methoxy groups -OCH3 is 1. The van der Waals surface area contributed by atoms with Gasteiger partial charge in [-0.1, -0.05) is 0 Å². The minimum absolute atomic E-state index is 0.0462. The van der Waals surface area contributed by atoms with Crippen molar-refractivity contribution >= 4 is 5.97 Å². The number of hydrogen-bond donors (Lipinski definition) is 1. The van der Waals surface area contributed by atoms with Crippen LogP contribution in [-0.2, 0) is 0 Å². The molecular formula is C9H8N2O3. The van der Waals surface area contributed by atoms with E-state index >= 15 is 0 Å². The van der Waals surface area contributed by atoms with Crippen LogP contribution in [0, 0.1) is 18.3 Å². The number of hydrogen-bond acceptors (Lipinski definition) is 4. The normalized spacial score (nSPS) is 9.21. The van der Waals surface area contributed by atoms with E-state index in [1.165, 1.54) is 13.2 Å². The van der Waals surface area contributed by atoms with E-state index in [1.807, 2.05) is 0 Å². The van der Waals surface area contributed by atoms with Crippen LogP contribution in [-0.4, -0.2) is 23.2 Å². The number of nitrogens with zero attached hydrogens (tertiary/aromatic N) is 2. The summed E-state index contributed by atoms with van der Waals surface area (Å²) in [7, 11) is 1.34. The SMILES string of the molecule is COc1nc(C)cc(C(=O)O)c1C#N. The lowest BCUT2D eigenvalue weighted by Gasteiger charge is -2.05. The van der Waals surface area contributed by atoms with Crippen LogP contribution in [0.15, 0.2) is 6.07 Å². The van der Waals surface area contributed by atoms with Gasteiger partial charge in [0.2, 0.25) is 5.88 Å². The van der Waals surface area contributed by atoms with Gasteiger partial charge in [0.15, 0.2) is 0 Å². The Labute approximate surface area is 80.6 Å². The summed E-state index contributed by atoms with van der Waals surface area (Å²) in [5.74, 6) is -1.12. The topological polar surface area (TPSA) is 83.2 Å². The number of ether oxygens (including phenoxy) is 1. The first kappa shape index (κ1) is 9.99. The molecule has 1 heterocycles. The molecule has 0 aromatic carbocycles. The van der Waals surface area contributed by atoms with Gasteiger partial charge in [0.05, 0.1) is 12.7 Å². The second-order valence-corrected chi connectivity index (χ2v) is 2.61. The molecule has 0 unspecified atom stereocenters.